The van der Waals surface area contributed by atoms with E-state index in [1.54, 1.807) is 12.2 Å². The Morgan fingerprint density at radius 1 is 1.05 bits per heavy atom. The van der Waals surface area contributed by atoms with Crippen LogP contribution in [-0.2, 0) is 22.4 Å². The number of fused-ring (bicyclic) bond motifs is 9. The first-order valence-corrected chi connectivity index (χ1v) is 14.4. The summed E-state index contributed by atoms with van der Waals surface area (Å²) in [6.45, 7) is 6.30. The highest BCUT2D eigenvalue weighted by Crippen LogP contribution is 2.57. The van der Waals surface area contributed by atoms with Crippen molar-refractivity contribution in [3.8, 4) is 23.0 Å². The molecule has 1 fully saturated rings. The fraction of sp³-hybridized carbons (Fsp3) is 0.533. The molecular weight excluding hydrogens is 585 g/mol. The number of halogens is 3. The van der Waals surface area contributed by atoms with E-state index < -0.39 is 54.4 Å². The highest BCUT2D eigenvalue weighted by atomic mass is 19.4. The van der Waals surface area contributed by atoms with Crippen LogP contribution in [0.25, 0.3) is 0 Å². The van der Waals surface area contributed by atoms with Crippen molar-refractivity contribution in [2.75, 3.05) is 20.4 Å². The summed E-state index contributed by atoms with van der Waals surface area (Å²) in [5.74, 6) is -2.27. The molecule has 4 aliphatic rings. The van der Waals surface area contributed by atoms with Crippen molar-refractivity contribution >= 4 is 11.8 Å². The summed E-state index contributed by atoms with van der Waals surface area (Å²) in [6, 6.07) is -1.60. The number of alkyl halides is 3. The van der Waals surface area contributed by atoms with Crippen LogP contribution >= 0.6 is 0 Å². The third-order valence-electron chi connectivity index (χ3n) is 9.76. The maximum Gasteiger partial charge on any atom is 0.471 e. The number of nitrogens with zero attached hydrogens (tertiary/aromatic N) is 2. The zero-order valence-corrected chi connectivity index (χ0v) is 24.9. The zero-order chi connectivity index (χ0) is 32.0. The lowest BCUT2D eigenvalue weighted by atomic mass is 9.73. The summed E-state index contributed by atoms with van der Waals surface area (Å²) in [5.41, 5.74) is 4.82. The van der Waals surface area contributed by atoms with E-state index in [0.717, 1.165) is 29.2 Å². The second kappa shape index (κ2) is 10.4. The Hall–Kier alpha value is -3.75. The Bertz CT molecular complexity index is 1560. The standard InChI is InChI=1S/C30H35F3N4O7/c1-11-6-15-7-18-28(41)37-17(22(36(18)5)20(15)24(39)12(11)2)8-16-21(26-25(43-10-44-26)13(3)23(16)38)19(37)9-34-27(40)14(4)35-29(42)30(31,32)33/h6,14,17-19,22,28,38-39,41H,7-10H2,1-5H3,(H,34,40)(H,35,42)/t14-,17?,18-,19-,22-,28?/m0/s1. The normalized spacial score (nSPS) is 26.3. The smallest absolute Gasteiger partial charge is 0.471 e. The number of rotatable bonds is 4. The van der Waals surface area contributed by atoms with E-state index in [1.807, 2.05) is 36.8 Å². The van der Waals surface area contributed by atoms with Gasteiger partial charge in [0.15, 0.2) is 11.5 Å². The van der Waals surface area contributed by atoms with Crippen molar-refractivity contribution in [1.29, 1.82) is 0 Å². The van der Waals surface area contributed by atoms with Gasteiger partial charge in [-0.1, -0.05) is 6.07 Å². The largest absolute Gasteiger partial charge is 0.507 e. The number of nitrogens with one attached hydrogen (secondary N) is 2. The molecule has 1 saturated heterocycles. The number of ether oxygens (including phenoxy) is 2. The van der Waals surface area contributed by atoms with Crippen LogP contribution in [-0.4, -0.2) is 87.8 Å². The third kappa shape index (κ3) is 4.45. The van der Waals surface area contributed by atoms with Gasteiger partial charge in [-0.3, -0.25) is 19.4 Å². The van der Waals surface area contributed by atoms with Gasteiger partial charge in [0.25, 0.3) is 0 Å². The van der Waals surface area contributed by atoms with Gasteiger partial charge >= 0.3 is 12.1 Å². The van der Waals surface area contributed by atoms with Crippen LogP contribution in [0.1, 0.15) is 58.0 Å². The van der Waals surface area contributed by atoms with E-state index in [-0.39, 0.29) is 31.3 Å². The lowest BCUT2D eigenvalue weighted by Crippen LogP contribution is -2.69. The van der Waals surface area contributed by atoms with Gasteiger partial charge in [-0.15, -0.1) is 0 Å². The first-order valence-electron chi connectivity index (χ1n) is 14.4. The number of hydrogen-bond acceptors (Lipinski definition) is 9. The predicted octanol–water partition coefficient (Wildman–Crippen LogP) is 2.13. The number of phenolic OH excluding ortho intramolecular Hbond substituents is 2. The van der Waals surface area contributed by atoms with Gasteiger partial charge in [0, 0.05) is 34.8 Å². The molecule has 0 aromatic heterocycles. The minimum absolute atomic E-state index is 0.0226. The average Bonchev–Trinajstić information content (AvgIpc) is 3.45. The molecule has 2 unspecified atom stereocenters. The molecule has 4 heterocycles. The van der Waals surface area contributed by atoms with E-state index in [2.05, 4.69) is 5.32 Å². The van der Waals surface area contributed by atoms with Gasteiger partial charge in [-0.2, -0.15) is 13.2 Å². The number of aliphatic hydroxyl groups excluding tert-OH is 1. The number of benzene rings is 2. The van der Waals surface area contributed by atoms with Crippen LogP contribution in [0.4, 0.5) is 13.2 Å². The average molecular weight is 621 g/mol. The molecule has 238 valence electrons. The van der Waals surface area contributed by atoms with E-state index in [1.165, 1.54) is 0 Å². The number of phenols is 2. The molecular formula is C30H35F3N4O7. The first kappa shape index (κ1) is 30.3. The first-order chi connectivity index (χ1) is 20.6. The molecule has 2 bridgehead atoms. The van der Waals surface area contributed by atoms with Crippen LogP contribution in [0.3, 0.4) is 0 Å². The van der Waals surface area contributed by atoms with Crippen LogP contribution in [0.15, 0.2) is 6.07 Å². The van der Waals surface area contributed by atoms with E-state index >= 15 is 0 Å². The van der Waals surface area contributed by atoms with Crippen molar-refractivity contribution in [3.63, 3.8) is 0 Å². The number of aliphatic hydroxyl groups is 1. The summed E-state index contributed by atoms with van der Waals surface area (Å²) in [7, 11) is 1.88. The molecule has 5 N–H and O–H groups in total. The highest BCUT2D eigenvalue weighted by Gasteiger charge is 2.56. The van der Waals surface area contributed by atoms with Crippen molar-refractivity contribution in [2.45, 2.75) is 83.1 Å². The second-order valence-electron chi connectivity index (χ2n) is 12.1. The Morgan fingerprint density at radius 3 is 2.41 bits per heavy atom. The van der Waals surface area contributed by atoms with E-state index in [4.69, 9.17) is 9.47 Å². The molecule has 2 aromatic carbocycles. The fourth-order valence-electron chi connectivity index (χ4n) is 7.41. The van der Waals surface area contributed by atoms with Gasteiger partial charge in [0.1, 0.15) is 23.8 Å². The van der Waals surface area contributed by atoms with Crippen molar-refractivity contribution in [1.82, 2.24) is 20.4 Å². The number of aryl methyl sites for hydroxylation is 1. The highest BCUT2D eigenvalue weighted by molar-refractivity contribution is 5.89. The quantitative estimate of drug-likeness (QED) is 0.347. The molecule has 0 radical (unpaired) electrons. The molecule has 44 heavy (non-hydrogen) atoms. The summed E-state index contributed by atoms with van der Waals surface area (Å²) in [6.07, 6.45) is -5.54. The number of amides is 2. The number of carbonyl (C=O) groups excluding carboxylic acids is 2. The lowest BCUT2D eigenvalue weighted by Gasteiger charge is -2.60. The van der Waals surface area contributed by atoms with Crippen molar-refractivity contribution in [3.05, 3.63) is 45.0 Å². The van der Waals surface area contributed by atoms with Crippen molar-refractivity contribution in [2.24, 2.45) is 0 Å². The Labute approximate surface area is 251 Å². The third-order valence-corrected chi connectivity index (χ3v) is 9.76. The Morgan fingerprint density at radius 2 is 1.73 bits per heavy atom. The lowest BCUT2D eigenvalue weighted by molar-refractivity contribution is -0.175. The molecule has 0 saturated carbocycles. The van der Waals surface area contributed by atoms with Crippen LogP contribution in [0.5, 0.6) is 23.0 Å². The molecule has 14 heteroatoms. The van der Waals surface area contributed by atoms with E-state index in [0.29, 0.717) is 34.6 Å². The topological polar surface area (TPSA) is 144 Å². The minimum Gasteiger partial charge on any atom is -0.507 e. The number of hydrogen-bond donors (Lipinski definition) is 5. The molecule has 6 rings (SSSR count). The molecule has 6 atom stereocenters. The number of carbonyl (C=O) groups is 2. The summed E-state index contributed by atoms with van der Waals surface area (Å²) < 4.78 is 50.0. The summed E-state index contributed by atoms with van der Waals surface area (Å²) in [5, 5.41) is 39.1. The maximum atomic E-state index is 13.0. The zero-order valence-electron chi connectivity index (χ0n) is 24.9. The number of piperazine rings is 1. The monoisotopic (exact) mass is 620 g/mol. The van der Waals surface area contributed by atoms with Gasteiger partial charge < -0.3 is 35.4 Å². The van der Waals surface area contributed by atoms with Gasteiger partial charge in [-0.05, 0) is 64.3 Å². The predicted molar refractivity (Wildman–Crippen MR) is 149 cm³/mol. The van der Waals surface area contributed by atoms with Crippen LogP contribution in [0.2, 0.25) is 0 Å². The fourth-order valence-corrected chi connectivity index (χ4v) is 7.41. The number of aromatic hydroxyl groups is 2. The molecule has 2 aromatic rings. The Balaban J connectivity index is 1.44. The molecule has 0 aliphatic carbocycles. The number of likely N-dealkylation sites (N-methyl/N-ethyl adjacent to an activating group) is 1. The van der Waals surface area contributed by atoms with Gasteiger partial charge in [0.2, 0.25) is 12.7 Å². The molecule has 0 spiro atoms. The Kier molecular flexibility index (Phi) is 7.17. The van der Waals surface area contributed by atoms with Gasteiger partial charge in [-0.25, -0.2) is 0 Å². The summed E-state index contributed by atoms with van der Waals surface area (Å²) in [4.78, 5) is 28.3. The van der Waals surface area contributed by atoms with Crippen molar-refractivity contribution < 1.29 is 47.6 Å². The molecule has 2 amide bonds. The molecule has 11 nitrogen and oxygen atoms in total. The van der Waals surface area contributed by atoms with Crippen LogP contribution in [0, 0.1) is 20.8 Å². The maximum absolute atomic E-state index is 13.0. The van der Waals surface area contributed by atoms with E-state index in [9.17, 15) is 38.1 Å². The van der Waals surface area contributed by atoms with Crippen LogP contribution < -0.4 is 20.1 Å². The van der Waals surface area contributed by atoms with Gasteiger partial charge in [0.05, 0.1) is 18.1 Å². The summed E-state index contributed by atoms with van der Waals surface area (Å²) >= 11 is 0. The minimum atomic E-state index is -5.15. The molecule has 4 aliphatic heterocycles. The SMILES string of the molecule is Cc1cc2c(c(O)c1C)[C@@H]1C3Cc4c(O)c(C)c5c(c4[C@H](CNC(=O)[C@H](C)NC(=O)C(F)(F)F)N3C(O)[C@H](C2)N1C)OCO5. The second-order valence-corrected chi connectivity index (χ2v) is 12.1.